The molecule has 0 fully saturated rings. The number of benzene rings is 1. The average Bonchev–Trinajstić information content (AvgIpc) is 3.24. The van der Waals surface area contributed by atoms with Gasteiger partial charge >= 0.3 is 0 Å². The molecular weight excluding hydrogens is 332 g/mol. The Morgan fingerprint density at radius 2 is 2.00 bits per heavy atom. The third kappa shape index (κ3) is 3.28. The molecule has 3 rings (SSSR count). The second-order valence-electron chi connectivity index (χ2n) is 5.13. The fourth-order valence-electron chi connectivity index (χ4n) is 2.25. The summed E-state index contributed by atoms with van der Waals surface area (Å²) in [5.41, 5.74) is 1.98. The van der Waals surface area contributed by atoms with Gasteiger partial charge in [-0.25, -0.2) is 9.67 Å². The van der Waals surface area contributed by atoms with Crippen LogP contribution in [-0.2, 0) is 0 Å². The van der Waals surface area contributed by atoms with Gasteiger partial charge < -0.3 is 4.90 Å². The molecule has 118 valence electrons. The van der Waals surface area contributed by atoms with Gasteiger partial charge in [0.15, 0.2) is 0 Å². The number of hydrogen-bond donors (Lipinski definition) is 0. The first-order valence-corrected chi connectivity index (χ1v) is 8.23. The smallest absolute Gasteiger partial charge is 0.264 e. The van der Waals surface area contributed by atoms with Crippen LogP contribution in [0.3, 0.4) is 0 Å². The molecule has 0 aliphatic heterocycles. The van der Waals surface area contributed by atoms with Gasteiger partial charge in [0.25, 0.3) is 5.91 Å². The zero-order valence-electron chi connectivity index (χ0n) is 12.7. The Hall–Kier alpha value is -2.18. The van der Waals surface area contributed by atoms with E-state index in [4.69, 9.17) is 11.6 Å². The predicted octanol–water partition coefficient (Wildman–Crippen LogP) is 3.82. The molecule has 2 heterocycles. The van der Waals surface area contributed by atoms with Gasteiger partial charge in [-0.05, 0) is 36.8 Å². The van der Waals surface area contributed by atoms with E-state index in [9.17, 15) is 4.79 Å². The maximum Gasteiger partial charge on any atom is 0.264 e. The van der Waals surface area contributed by atoms with Crippen LogP contribution >= 0.6 is 22.9 Å². The van der Waals surface area contributed by atoms with Crippen LogP contribution in [0.2, 0.25) is 4.34 Å². The van der Waals surface area contributed by atoms with Crippen LogP contribution in [0, 0.1) is 0 Å². The topological polar surface area (TPSA) is 51.0 Å². The first-order chi connectivity index (χ1) is 11.1. The number of hydrogen-bond acceptors (Lipinski definition) is 4. The minimum Gasteiger partial charge on any atom is -0.334 e. The molecule has 5 nitrogen and oxygen atoms in total. The highest BCUT2D eigenvalue weighted by Crippen LogP contribution is 2.26. The van der Waals surface area contributed by atoms with Crippen molar-refractivity contribution in [3.05, 3.63) is 63.8 Å². The summed E-state index contributed by atoms with van der Waals surface area (Å²) >= 11 is 7.20. The Balaban J connectivity index is 1.77. The number of carbonyl (C=O) groups excluding carboxylic acids is 1. The third-order valence-electron chi connectivity index (χ3n) is 3.74. The summed E-state index contributed by atoms with van der Waals surface area (Å²) in [7, 11) is 1.80. The van der Waals surface area contributed by atoms with Gasteiger partial charge in [-0.15, -0.1) is 11.3 Å². The van der Waals surface area contributed by atoms with E-state index in [1.54, 1.807) is 35.1 Å². The number of nitrogens with zero attached hydrogens (tertiary/aromatic N) is 4. The SMILES string of the molecule is C[C@H](c1ccc(-n2cncn2)cc1)N(C)C(=O)c1ccc(Cl)s1. The van der Waals surface area contributed by atoms with Crippen molar-refractivity contribution in [2.45, 2.75) is 13.0 Å². The molecule has 0 saturated carbocycles. The lowest BCUT2D eigenvalue weighted by molar-refractivity contribution is 0.0747. The second kappa shape index (κ2) is 6.52. The van der Waals surface area contributed by atoms with Gasteiger partial charge in [-0.2, -0.15) is 5.10 Å². The lowest BCUT2D eigenvalue weighted by atomic mass is 10.1. The van der Waals surface area contributed by atoms with Crippen molar-refractivity contribution in [2.75, 3.05) is 7.05 Å². The zero-order chi connectivity index (χ0) is 16.4. The van der Waals surface area contributed by atoms with Crippen LogP contribution in [0.4, 0.5) is 0 Å². The minimum absolute atomic E-state index is 0.0326. The first-order valence-electron chi connectivity index (χ1n) is 7.03. The lowest BCUT2D eigenvalue weighted by Gasteiger charge is -2.25. The first kappa shape index (κ1) is 15.7. The molecule has 0 aliphatic carbocycles. The highest BCUT2D eigenvalue weighted by atomic mass is 35.5. The van der Waals surface area contributed by atoms with Gasteiger partial charge in [0.05, 0.1) is 20.9 Å². The van der Waals surface area contributed by atoms with Crippen molar-refractivity contribution in [1.82, 2.24) is 19.7 Å². The second-order valence-corrected chi connectivity index (χ2v) is 6.84. The van der Waals surface area contributed by atoms with Crippen molar-refractivity contribution in [3.63, 3.8) is 0 Å². The number of thiophene rings is 1. The molecule has 0 N–H and O–H groups in total. The number of aromatic nitrogens is 3. The Bertz CT molecular complexity index is 798. The van der Waals surface area contributed by atoms with Crippen LogP contribution < -0.4 is 0 Å². The van der Waals surface area contributed by atoms with Crippen molar-refractivity contribution >= 4 is 28.8 Å². The normalized spacial score (nSPS) is 12.1. The van der Waals surface area contributed by atoms with Crippen molar-refractivity contribution in [1.29, 1.82) is 0 Å². The third-order valence-corrected chi connectivity index (χ3v) is 4.96. The maximum atomic E-state index is 12.5. The largest absolute Gasteiger partial charge is 0.334 e. The standard InChI is InChI=1S/C16H15ClN4OS/c1-11(20(2)16(22)14-7-8-15(17)23-14)12-3-5-13(6-4-12)21-10-18-9-19-21/h3-11H,1-2H3/t11-/m1/s1. The fraction of sp³-hybridized carbons (Fsp3) is 0.188. The van der Waals surface area contributed by atoms with Gasteiger partial charge in [0.1, 0.15) is 12.7 Å². The monoisotopic (exact) mass is 346 g/mol. The van der Waals surface area contributed by atoms with Gasteiger partial charge in [-0.3, -0.25) is 4.79 Å². The fourth-order valence-corrected chi connectivity index (χ4v) is 3.28. The number of halogens is 1. The Kier molecular flexibility index (Phi) is 4.45. The van der Waals surface area contributed by atoms with E-state index in [2.05, 4.69) is 10.1 Å². The quantitative estimate of drug-likeness (QED) is 0.721. The molecule has 0 radical (unpaired) electrons. The average molecular weight is 347 g/mol. The Morgan fingerprint density at radius 3 is 2.57 bits per heavy atom. The summed E-state index contributed by atoms with van der Waals surface area (Å²) in [6, 6.07) is 11.4. The summed E-state index contributed by atoms with van der Waals surface area (Å²) in [5.74, 6) is -0.0326. The molecule has 23 heavy (non-hydrogen) atoms. The van der Waals surface area contributed by atoms with E-state index in [1.807, 2.05) is 31.2 Å². The summed E-state index contributed by atoms with van der Waals surface area (Å²) in [6.45, 7) is 2.00. The molecule has 3 aromatic rings. The highest BCUT2D eigenvalue weighted by Gasteiger charge is 2.20. The minimum atomic E-state index is -0.0480. The number of amides is 1. The summed E-state index contributed by atoms with van der Waals surface area (Å²) in [6.07, 6.45) is 3.14. The van der Waals surface area contributed by atoms with E-state index in [-0.39, 0.29) is 11.9 Å². The maximum absolute atomic E-state index is 12.5. The molecule has 1 atom stereocenters. The number of carbonyl (C=O) groups is 1. The molecule has 0 bridgehead atoms. The van der Waals surface area contributed by atoms with Crippen LogP contribution in [0.5, 0.6) is 0 Å². The number of rotatable bonds is 4. The summed E-state index contributed by atoms with van der Waals surface area (Å²) in [5, 5.41) is 4.10. The molecule has 7 heteroatoms. The van der Waals surface area contributed by atoms with Crippen LogP contribution in [0.1, 0.15) is 28.2 Å². The molecular formula is C16H15ClN4OS. The lowest BCUT2D eigenvalue weighted by Crippen LogP contribution is -2.29. The van der Waals surface area contributed by atoms with Crippen molar-refractivity contribution < 1.29 is 4.79 Å². The zero-order valence-corrected chi connectivity index (χ0v) is 14.3. The van der Waals surface area contributed by atoms with Gasteiger partial charge in [0.2, 0.25) is 0 Å². The van der Waals surface area contributed by atoms with Crippen LogP contribution in [0.15, 0.2) is 49.1 Å². The molecule has 0 spiro atoms. The molecule has 0 aliphatic rings. The Labute approximate surface area is 143 Å². The van der Waals surface area contributed by atoms with E-state index >= 15 is 0 Å². The van der Waals surface area contributed by atoms with Crippen LogP contribution in [0.25, 0.3) is 5.69 Å². The Morgan fingerprint density at radius 1 is 1.26 bits per heavy atom. The summed E-state index contributed by atoms with van der Waals surface area (Å²) < 4.78 is 2.31. The molecule has 1 aromatic carbocycles. The van der Waals surface area contributed by atoms with E-state index in [0.717, 1.165) is 11.3 Å². The molecule has 0 unspecified atom stereocenters. The van der Waals surface area contributed by atoms with Crippen molar-refractivity contribution in [3.8, 4) is 5.69 Å². The highest BCUT2D eigenvalue weighted by molar-refractivity contribution is 7.17. The molecule has 0 saturated heterocycles. The van der Waals surface area contributed by atoms with Gasteiger partial charge in [0, 0.05) is 7.05 Å². The summed E-state index contributed by atoms with van der Waals surface area (Å²) in [4.78, 5) is 18.8. The van der Waals surface area contributed by atoms with E-state index in [1.165, 1.54) is 17.7 Å². The van der Waals surface area contributed by atoms with Crippen molar-refractivity contribution in [2.24, 2.45) is 0 Å². The molecule has 2 aromatic heterocycles. The van der Waals surface area contributed by atoms with E-state index < -0.39 is 0 Å². The van der Waals surface area contributed by atoms with Gasteiger partial charge in [-0.1, -0.05) is 23.7 Å². The van der Waals surface area contributed by atoms with Crippen LogP contribution in [-0.4, -0.2) is 32.6 Å². The predicted molar refractivity (Wildman–Crippen MR) is 91.2 cm³/mol. The van der Waals surface area contributed by atoms with E-state index in [0.29, 0.717) is 9.21 Å². The molecule has 1 amide bonds.